The molecule has 0 heterocycles. The Morgan fingerprint density at radius 1 is 1.37 bits per heavy atom. The summed E-state index contributed by atoms with van der Waals surface area (Å²) in [7, 11) is 1.81. The number of ether oxygens (including phenoxy) is 1. The lowest BCUT2D eigenvalue weighted by Crippen LogP contribution is -2.39. The average Bonchev–Trinajstić information content (AvgIpc) is 2.42. The number of benzene rings is 1. The molecule has 0 saturated heterocycles. The largest absolute Gasteiger partial charge is 0.491 e. The molecule has 0 aliphatic carbocycles. The van der Waals surface area contributed by atoms with Crippen LogP contribution in [0.15, 0.2) is 24.3 Å². The maximum Gasteiger partial charge on any atom is 0.317 e. The maximum absolute atomic E-state index is 11.7. The minimum atomic E-state index is -0.0400. The van der Waals surface area contributed by atoms with Crippen LogP contribution in [0.3, 0.4) is 0 Å². The number of nitrogens with zero attached hydrogens (tertiary/aromatic N) is 1. The van der Waals surface area contributed by atoms with E-state index in [-0.39, 0.29) is 6.03 Å². The number of nitrogens with one attached hydrogen (secondary N) is 1. The Labute approximate surface area is 115 Å². The summed E-state index contributed by atoms with van der Waals surface area (Å²) in [4.78, 5) is 13.4. The van der Waals surface area contributed by atoms with Gasteiger partial charge in [-0.1, -0.05) is 31.5 Å². The second-order valence-electron chi connectivity index (χ2n) is 4.62. The Balaban J connectivity index is 2.20. The Kier molecular flexibility index (Phi) is 6.79. The molecule has 19 heavy (non-hydrogen) atoms. The van der Waals surface area contributed by atoms with Crippen LogP contribution < -0.4 is 10.1 Å². The first-order valence-electron chi connectivity index (χ1n) is 6.82. The van der Waals surface area contributed by atoms with Gasteiger partial charge in [-0.2, -0.15) is 0 Å². The van der Waals surface area contributed by atoms with E-state index in [2.05, 4.69) is 12.2 Å². The van der Waals surface area contributed by atoms with Crippen molar-refractivity contribution in [1.29, 1.82) is 0 Å². The van der Waals surface area contributed by atoms with E-state index in [0.29, 0.717) is 13.2 Å². The van der Waals surface area contributed by atoms with Crippen LogP contribution in [-0.2, 0) is 0 Å². The Morgan fingerprint density at radius 2 is 2.11 bits per heavy atom. The number of amides is 2. The van der Waals surface area contributed by atoms with Crippen molar-refractivity contribution in [3.05, 3.63) is 29.8 Å². The monoisotopic (exact) mass is 264 g/mol. The summed E-state index contributed by atoms with van der Waals surface area (Å²) in [5.74, 6) is 0.871. The standard InChI is InChI=1S/C15H24N2O2/c1-4-5-11-17(3)15(18)16-10-12-19-14-9-7-6-8-13(14)2/h6-9H,4-5,10-12H2,1-3H3,(H,16,18). The zero-order chi connectivity index (χ0) is 14.1. The molecule has 0 spiro atoms. The molecule has 4 heteroatoms. The minimum absolute atomic E-state index is 0.0400. The van der Waals surface area contributed by atoms with Crippen molar-refractivity contribution < 1.29 is 9.53 Å². The fraction of sp³-hybridized carbons (Fsp3) is 0.533. The Morgan fingerprint density at radius 3 is 2.79 bits per heavy atom. The van der Waals surface area contributed by atoms with Crippen LogP contribution in [0.1, 0.15) is 25.3 Å². The van der Waals surface area contributed by atoms with Gasteiger partial charge in [0.25, 0.3) is 0 Å². The van der Waals surface area contributed by atoms with Gasteiger partial charge in [0, 0.05) is 13.6 Å². The first kappa shape index (κ1) is 15.3. The molecule has 1 aromatic carbocycles. The van der Waals surface area contributed by atoms with Gasteiger partial charge in [0.15, 0.2) is 0 Å². The zero-order valence-electron chi connectivity index (χ0n) is 12.1. The van der Waals surface area contributed by atoms with Crippen molar-refractivity contribution in [3.63, 3.8) is 0 Å². The highest BCUT2D eigenvalue weighted by Crippen LogP contribution is 2.15. The summed E-state index contributed by atoms with van der Waals surface area (Å²) in [5.41, 5.74) is 1.11. The number of carbonyl (C=O) groups is 1. The van der Waals surface area contributed by atoms with Gasteiger partial charge in [-0.05, 0) is 25.0 Å². The molecule has 0 unspecified atom stereocenters. The number of hydrogen-bond donors (Lipinski definition) is 1. The van der Waals surface area contributed by atoms with Crippen molar-refractivity contribution in [2.24, 2.45) is 0 Å². The van der Waals surface area contributed by atoms with Crippen LogP contribution in [0.2, 0.25) is 0 Å². The third-order valence-corrected chi connectivity index (χ3v) is 2.92. The minimum Gasteiger partial charge on any atom is -0.491 e. The maximum atomic E-state index is 11.7. The fourth-order valence-electron chi connectivity index (χ4n) is 1.67. The third kappa shape index (κ3) is 5.64. The van der Waals surface area contributed by atoms with Crippen LogP contribution in [0.4, 0.5) is 4.79 Å². The lowest BCUT2D eigenvalue weighted by Gasteiger charge is -2.17. The molecule has 0 atom stereocenters. The quantitative estimate of drug-likeness (QED) is 0.769. The fourth-order valence-corrected chi connectivity index (χ4v) is 1.67. The van der Waals surface area contributed by atoms with E-state index >= 15 is 0 Å². The van der Waals surface area contributed by atoms with Crippen LogP contribution >= 0.6 is 0 Å². The molecule has 0 bridgehead atoms. The molecule has 0 aliphatic heterocycles. The smallest absolute Gasteiger partial charge is 0.317 e. The van der Waals surface area contributed by atoms with Crippen molar-refractivity contribution in [2.75, 3.05) is 26.7 Å². The molecule has 2 amide bonds. The van der Waals surface area contributed by atoms with Gasteiger partial charge in [0.1, 0.15) is 12.4 Å². The van der Waals surface area contributed by atoms with Crippen molar-refractivity contribution in [1.82, 2.24) is 10.2 Å². The topological polar surface area (TPSA) is 41.6 Å². The van der Waals surface area contributed by atoms with Gasteiger partial charge in [0.05, 0.1) is 6.54 Å². The molecular weight excluding hydrogens is 240 g/mol. The van der Waals surface area contributed by atoms with Gasteiger partial charge < -0.3 is 15.0 Å². The number of hydrogen-bond acceptors (Lipinski definition) is 2. The molecule has 1 aromatic rings. The number of aryl methyl sites for hydroxylation is 1. The second-order valence-corrected chi connectivity index (χ2v) is 4.62. The number of para-hydroxylation sites is 1. The highest BCUT2D eigenvalue weighted by atomic mass is 16.5. The molecule has 0 aliphatic rings. The highest BCUT2D eigenvalue weighted by molar-refractivity contribution is 5.73. The third-order valence-electron chi connectivity index (χ3n) is 2.92. The van der Waals surface area contributed by atoms with Gasteiger partial charge >= 0.3 is 6.03 Å². The number of unbranched alkanes of at least 4 members (excludes halogenated alkanes) is 1. The van der Waals surface area contributed by atoms with E-state index in [9.17, 15) is 4.79 Å². The zero-order valence-corrected chi connectivity index (χ0v) is 12.1. The van der Waals surface area contributed by atoms with Gasteiger partial charge in [-0.25, -0.2) is 4.79 Å². The molecule has 4 nitrogen and oxygen atoms in total. The van der Waals surface area contributed by atoms with Gasteiger partial charge in [-0.3, -0.25) is 0 Å². The lowest BCUT2D eigenvalue weighted by atomic mass is 10.2. The van der Waals surface area contributed by atoms with E-state index in [1.165, 1.54) is 0 Å². The summed E-state index contributed by atoms with van der Waals surface area (Å²) in [6, 6.07) is 7.82. The normalized spacial score (nSPS) is 10.1. The predicted molar refractivity (Wildman–Crippen MR) is 77.6 cm³/mol. The van der Waals surface area contributed by atoms with E-state index in [1.54, 1.807) is 4.90 Å². The molecular formula is C15H24N2O2. The Hall–Kier alpha value is -1.71. The van der Waals surface area contributed by atoms with Crippen molar-refractivity contribution in [2.45, 2.75) is 26.7 Å². The molecule has 0 saturated carbocycles. The van der Waals surface area contributed by atoms with Crippen molar-refractivity contribution >= 4 is 6.03 Å². The molecule has 0 fully saturated rings. The van der Waals surface area contributed by atoms with Gasteiger partial charge in [0.2, 0.25) is 0 Å². The van der Waals surface area contributed by atoms with E-state index in [1.807, 2.05) is 38.2 Å². The number of carbonyl (C=O) groups excluding carboxylic acids is 1. The van der Waals surface area contributed by atoms with E-state index in [4.69, 9.17) is 4.74 Å². The van der Waals surface area contributed by atoms with Gasteiger partial charge in [-0.15, -0.1) is 0 Å². The Bertz CT molecular complexity index is 393. The predicted octanol–water partition coefficient (Wildman–Crippen LogP) is 2.82. The summed E-state index contributed by atoms with van der Waals surface area (Å²) >= 11 is 0. The summed E-state index contributed by atoms with van der Waals surface area (Å²) < 4.78 is 5.61. The molecule has 0 aromatic heterocycles. The number of urea groups is 1. The average molecular weight is 264 g/mol. The first-order chi connectivity index (χ1) is 9.15. The summed E-state index contributed by atoms with van der Waals surface area (Å²) in [6.07, 6.45) is 2.12. The van der Waals surface area contributed by atoms with E-state index < -0.39 is 0 Å². The van der Waals surface area contributed by atoms with Crippen LogP contribution in [-0.4, -0.2) is 37.7 Å². The van der Waals surface area contributed by atoms with E-state index in [0.717, 1.165) is 30.7 Å². The van der Waals surface area contributed by atoms with Crippen molar-refractivity contribution in [3.8, 4) is 5.75 Å². The molecule has 106 valence electrons. The molecule has 1 N–H and O–H groups in total. The number of rotatable bonds is 7. The highest BCUT2D eigenvalue weighted by Gasteiger charge is 2.06. The SMILES string of the molecule is CCCCN(C)C(=O)NCCOc1ccccc1C. The molecule has 1 rings (SSSR count). The van der Waals surface area contributed by atoms with Crippen LogP contribution in [0, 0.1) is 6.92 Å². The lowest BCUT2D eigenvalue weighted by molar-refractivity contribution is 0.204. The summed E-state index contributed by atoms with van der Waals surface area (Å²) in [6.45, 7) is 5.91. The first-order valence-corrected chi connectivity index (χ1v) is 6.82. The summed E-state index contributed by atoms with van der Waals surface area (Å²) in [5, 5.41) is 2.84. The van der Waals surface area contributed by atoms with Crippen LogP contribution in [0.25, 0.3) is 0 Å². The van der Waals surface area contributed by atoms with Crippen LogP contribution in [0.5, 0.6) is 5.75 Å². The molecule has 0 radical (unpaired) electrons. The second kappa shape index (κ2) is 8.40.